The molecule has 0 heterocycles. The highest BCUT2D eigenvalue weighted by molar-refractivity contribution is 6.31. The van der Waals surface area contributed by atoms with E-state index in [1.807, 2.05) is 30.3 Å². The molecule has 19 heavy (non-hydrogen) atoms. The summed E-state index contributed by atoms with van der Waals surface area (Å²) in [5.41, 5.74) is 1.51. The maximum atomic E-state index is 9.36. The molecule has 96 valence electrons. The standard InChI is InChI=1S/C15H13ClN2O/c1-19-14-9-5-8-12(16)15(14)13(10-17)18-11-6-3-2-4-7-11/h2-9,13,18H,1H3. The van der Waals surface area contributed by atoms with Crippen LogP contribution in [0.25, 0.3) is 0 Å². The van der Waals surface area contributed by atoms with E-state index in [9.17, 15) is 5.26 Å². The smallest absolute Gasteiger partial charge is 0.145 e. The Hall–Kier alpha value is -2.18. The Morgan fingerprint density at radius 3 is 2.53 bits per heavy atom. The number of nitriles is 1. The van der Waals surface area contributed by atoms with Crippen LogP contribution >= 0.6 is 11.6 Å². The summed E-state index contributed by atoms with van der Waals surface area (Å²) in [5, 5.41) is 13.0. The average molecular weight is 273 g/mol. The van der Waals surface area contributed by atoms with Crippen LogP contribution in [0.1, 0.15) is 11.6 Å². The van der Waals surface area contributed by atoms with Gasteiger partial charge >= 0.3 is 0 Å². The fourth-order valence-corrected chi connectivity index (χ4v) is 2.12. The van der Waals surface area contributed by atoms with Gasteiger partial charge < -0.3 is 10.1 Å². The second kappa shape index (κ2) is 6.12. The maximum Gasteiger partial charge on any atom is 0.145 e. The number of nitrogens with zero attached hydrogens (tertiary/aromatic N) is 1. The highest BCUT2D eigenvalue weighted by atomic mass is 35.5. The van der Waals surface area contributed by atoms with Crippen molar-refractivity contribution >= 4 is 17.3 Å². The summed E-state index contributed by atoms with van der Waals surface area (Å²) in [7, 11) is 1.56. The molecule has 0 amide bonds. The number of ether oxygens (including phenoxy) is 1. The first-order chi connectivity index (χ1) is 9.26. The highest BCUT2D eigenvalue weighted by Crippen LogP contribution is 2.33. The topological polar surface area (TPSA) is 45.0 Å². The molecular formula is C15H13ClN2O. The number of methoxy groups -OCH3 is 1. The fraction of sp³-hybridized carbons (Fsp3) is 0.133. The van der Waals surface area contributed by atoms with E-state index in [1.54, 1.807) is 25.3 Å². The number of rotatable bonds is 4. The van der Waals surface area contributed by atoms with Gasteiger partial charge in [-0.2, -0.15) is 5.26 Å². The van der Waals surface area contributed by atoms with Crippen molar-refractivity contribution in [1.29, 1.82) is 5.26 Å². The van der Waals surface area contributed by atoms with E-state index < -0.39 is 6.04 Å². The largest absolute Gasteiger partial charge is 0.496 e. The molecule has 3 nitrogen and oxygen atoms in total. The van der Waals surface area contributed by atoms with Gasteiger partial charge in [-0.25, -0.2) is 0 Å². The molecule has 1 unspecified atom stereocenters. The average Bonchev–Trinajstić information content (AvgIpc) is 2.46. The maximum absolute atomic E-state index is 9.36. The van der Waals surface area contributed by atoms with Crippen LogP contribution in [-0.4, -0.2) is 7.11 Å². The van der Waals surface area contributed by atoms with Gasteiger partial charge in [0.2, 0.25) is 0 Å². The zero-order valence-corrected chi connectivity index (χ0v) is 11.2. The minimum absolute atomic E-state index is 0.509. The molecule has 0 aliphatic heterocycles. The molecule has 0 spiro atoms. The first-order valence-corrected chi connectivity index (χ1v) is 6.17. The predicted molar refractivity (Wildman–Crippen MR) is 76.4 cm³/mol. The zero-order chi connectivity index (χ0) is 13.7. The van der Waals surface area contributed by atoms with E-state index in [2.05, 4.69) is 11.4 Å². The molecule has 2 aromatic rings. The Bertz CT molecular complexity index is 593. The lowest BCUT2D eigenvalue weighted by molar-refractivity contribution is 0.409. The second-order valence-electron chi connectivity index (χ2n) is 3.93. The Labute approximate surface area is 117 Å². The Morgan fingerprint density at radius 1 is 1.16 bits per heavy atom. The number of benzene rings is 2. The van der Waals surface area contributed by atoms with E-state index in [0.29, 0.717) is 16.3 Å². The van der Waals surface area contributed by atoms with E-state index in [0.717, 1.165) is 5.69 Å². The van der Waals surface area contributed by atoms with Crippen LogP contribution in [0.3, 0.4) is 0 Å². The SMILES string of the molecule is COc1cccc(Cl)c1C(C#N)Nc1ccccc1. The van der Waals surface area contributed by atoms with Crippen LogP contribution in [0.4, 0.5) is 5.69 Å². The van der Waals surface area contributed by atoms with Crippen LogP contribution in [-0.2, 0) is 0 Å². The lowest BCUT2D eigenvalue weighted by Crippen LogP contribution is -2.10. The van der Waals surface area contributed by atoms with Crippen molar-refractivity contribution in [2.75, 3.05) is 12.4 Å². The van der Waals surface area contributed by atoms with Crippen molar-refractivity contribution in [3.05, 3.63) is 59.1 Å². The summed E-state index contributed by atoms with van der Waals surface area (Å²) in [6.07, 6.45) is 0. The van der Waals surface area contributed by atoms with Crippen LogP contribution < -0.4 is 10.1 Å². The fourth-order valence-electron chi connectivity index (χ4n) is 1.85. The van der Waals surface area contributed by atoms with Gasteiger partial charge in [-0.15, -0.1) is 0 Å². The van der Waals surface area contributed by atoms with Crippen LogP contribution in [0, 0.1) is 11.3 Å². The minimum atomic E-state index is -0.564. The first kappa shape index (κ1) is 13.3. The molecule has 2 rings (SSSR count). The molecule has 0 radical (unpaired) electrons. The van der Waals surface area contributed by atoms with Crippen molar-refractivity contribution in [3.63, 3.8) is 0 Å². The number of halogens is 1. The quantitative estimate of drug-likeness (QED) is 0.914. The van der Waals surface area contributed by atoms with E-state index in [4.69, 9.17) is 16.3 Å². The van der Waals surface area contributed by atoms with E-state index >= 15 is 0 Å². The van der Waals surface area contributed by atoms with Gasteiger partial charge in [0.15, 0.2) is 0 Å². The molecule has 0 saturated carbocycles. The van der Waals surface area contributed by atoms with Crippen molar-refractivity contribution in [2.24, 2.45) is 0 Å². The molecule has 0 aliphatic rings. The third-order valence-electron chi connectivity index (χ3n) is 2.74. The molecule has 0 aliphatic carbocycles. The van der Waals surface area contributed by atoms with Gasteiger partial charge in [0.25, 0.3) is 0 Å². The van der Waals surface area contributed by atoms with Crippen LogP contribution in [0.2, 0.25) is 5.02 Å². The molecule has 0 aromatic heterocycles. The van der Waals surface area contributed by atoms with Crippen LogP contribution in [0.5, 0.6) is 5.75 Å². The van der Waals surface area contributed by atoms with Gasteiger partial charge in [-0.3, -0.25) is 0 Å². The molecule has 0 bridgehead atoms. The lowest BCUT2D eigenvalue weighted by atomic mass is 10.1. The van der Waals surface area contributed by atoms with E-state index in [1.165, 1.54) is 0 Å². The molecule has 1 atom stereocenters. The zero-order valence-electron chi connectivity index (χ0n) is 10.4. The molecule has 0 fully saturated rings. The Morgan fingerprint density at radius 2 is 1.89 bits per heavy atom. The van der Waals surface area contributed by atoms with Gasteiger partial charge in [0.1, 0.15) is 11.8 Å². The van der Waals surface area contributed by atoms with Crippen LogP contribution in [0.15, 0.2) is 48.5 Å². The third-order valence-corrected chi connectivity index (χ3v) is 3.06. The summed E-state index contributed by atoms with van der Waals surface area (Å²) in [5.74, 6) is 0.600. The monoisotopic (exact) mass is 272 g/mol. The summed E-state index contributed by atoms with van der Waals surface area (Å²) < 4.78 is 5.27. The summed E-state index contributed by atoms with van der Waals surface area (Å²) in [4.78, 5) is 0. The summed E-state index contributed by atoms with van der Waals surface area (Å²) >= 11 is 6.18. The van der Waals surface area contributed by atoms with E-state index in [-0.39, 0.29) is 0 Å². The Kier molecular flexibility index (Phi) is 4.27. The van der Waals surface area contributed by atoms with Crippen molar-refractivity contribution in [1.82, 2.24) is 0 Å². The van der Waals surface area contributed by atoms with Gasteiger partial charge in [-0.1, -0.05) is 35.9 Å². The molecular weight excluding hydrogens is 260 g/mol. The van der Waals surface area contributed by atoms with Gasteiger partial charge in [-0.05, 0) is 24.3 Å². The predicted octanol–water partition coefficient (Wildman–Crippen LogP) is 4.03. The summed E-state index contributed by atoms with van der Waals surface area (Å²) in [6.45, 7) is 0. The van der Waals surface area contributed by atoms with Gasteiger partial charge in [0, 0.05) is 11.3 Å². The van der Waals surface area contributed by atoms with Crippen molar-refractivity contribution in [2.45, 2.75) is 6.04 Å². The number of hydrogen-bond acceptors (Lipinski definition) is 3. The summed E-state index contributed by atoms with van der Waals surface area (Å²) in [6, 6.07) is 16.5. The highest BCUT2D eigenvalue weighted by Gasteiger charge is 2.18. The Balaban J connectivity index is 2.36. The normalized spacial score (nSPS) is 11.4. The molecule has 0 saturated heterocycles. The minimum Gasteiger partial charge on any atom is -0.496 e. The number of nitrogens with one attached hydrogen (secondary N) is 1. The number of anilines is 1. The number of para-hydroxylation sites is 1. The number of hydrogen-bond donors (Lipinski definition) is 1. The lowest BCUT2D eigenvalue weighted by Gasteiger charge is -2.17. The molecule has 1 N–H and O–H groups in total. The van der Waals surface area contributed by atoms with Crippen molar-refractivity contribution in [3.8, 4) is 11.8 Å². The molecule has 4 heteroatoms. The first-order valence-electron chi connectivity index (χ1n) is 5.80. The third kappa shape index (κ3) is 2.98. The van der Waals surface area contributed by atoms with Gasteiger partial charge in [0.05, 0.1) is 18.2 Å². The van der Waals surface area contributed by atoms with Crippen molar-refractivity contribution < 1.29 is 4.74 Å². The second-order valence-corrected chi connectivity index (χ2v) is 4.34. The molecule has 2 aromatic carbocycles.